The molecule has 7 heteroatoms. The van der Waals surface area contributed by atoms with E-state index in [0.29, 0.717) is 18.7 Å². The summed E-state index contributed by atoms with van der Waals surface area (Å²) < 4.78 is 6.92. The summed E-state index contributed by atoms with van der Waals surface area (Å²) in [4.78, 5) is 22.1. The largest absolute Gasteiger partial charge is 0.494 e. The quantitative estimate of drug-likeness (QED) is 0.365. The Bertz CT molecular complexity index is 990. The summed E-state index contributed by atoms with van der Waals surface area (Å²) in [6.45, 7) is 6.27. The molecular formula is C24H32ClN3O2S. The number of aryl methyl sites for hydroxylation is 1. The van der Waals surface area contributed by atoms with Crippen molar-refractivity contribution in [3.05, 3.63) is 53.6 Å². The Morgan fingerprint density at radius 3 is 2.61 bits per heavy atom. The Labute approximate surface area is 195 Å². The van der Waals surface area contributed by atoms with Gasteiger partial charge in [-0.15, -0.1) is 12.4 Å². The monoisotopic (exact) mass is 461 g/mol. The van der Waals surface area contributed by atoms with Crippen LogP contribution < -0.4 is 9.64 Å². The van der Waals surface area contributed by atoms with Crippen LogP contribution >= 0.6 is 23.7 Å². The van der Waals surface area contributed by atoms with Crippen molar-refractivity contribution in [3.8, 4) is 5.75 Å². The molecule has 3 rings (SSSR count). The van der Waals surface area contributed by atoms with Gasteiger partial charge >= 0.3 is 0 Å². The van der Waals surface area contributed by atoms with Crippen molar-refractivity contribution in [1.29, 1.82) is 0 Å². The van der Waals surface area contributed by atoms with Crippen molar-refractivity contribution in [1.82, 2.24) is 9.88 Å². The number of aromatic nitrogens is 1. The minimum atomic E-state index is -0.0486. The van der Waals surface area contributed by atoms with Crippen molar-refractivity contribution in [3.63, 3.8) is 0 Å². The van der Waals surface area contributed by atoms with Gasteiger partial charge in [0.25, 0.3) is 5.91 Å². The number of anilines is 1. The van der Waals surface area contributed by atoms with Crippen molar-refractivity contribution < 1.29 is 9.53 Å². The highest BCUT2D eigenvalue weighted by atomic mass is 35.5. The van der Waals surface area contributed by atoms with Crippen LogP contribution in [-0.4, -0.2) is 49.6 Å². The summed E-state index contributed by atoms with van der Waals surface area (Å²) in [6, 6.07) is 13.8. The molecule has 168 valence electrons. The van der Waals surface area contributed by atoms with Gasteiger partial charge < -0.3 is 9.64 Å². The Morgan fingerprint density at radius 1 is 1.10 bits per heavy atom. The van der Waals surface area contributed by atoms with Gasteiger partial charge in [0.1, 0.15) is 5.75 Å². The number of nitrogens with zero attached hydrogens (tertiary/aromatic N) is 3. The number of halogens is 1. The summed E-state index contributed by atoms with van der Waals surface area (Å²) >= 11 is 1.57. The Morgan fingerprint density at radius 2 is 1.90 bits per heavy atom. The second-order valence-corrected chi connectivity index (χ2v) is 8.65. The predicted molar refractivity (Wildman–Crippen MR) is 133 cm³/mol. The van der Waals surface area contributed by atoms with E-state index in [0.717, 1.165) is 46.9 Å². The normalized spacial score (nSPS) is 10.9. The van der Waals surface area contributed by atoms with Crippen molar-refractivity contribution in [2.75, 3.05) is 38.7 Å². The Hall–Kier alpha value is -2.15. The van der Waals surface area contributed by atoms with E-state index in [1.165, 1.54) is 5.56 Å². The van der Waals surface area contributed by atoms with Gasteiger partial charge in [0.2, 0.25) is 0 Å². The number of likely N-dealkylation sites (N-methyl/N-ethyl adjacent to an activating group) is 1. The molecular weight excluding hydrogens is 430 g/mol. The maximum absolute atomic E-state index is 13.5. The summed E-state index contributed by atoms with van der Waals surface area (Å²) in [5.41, 5.74) is 2.84. The van der Waals surface area contributed by atoms with Crippen molar-refractivity contribution in [2.24, 2.45) is 0 Å². The third-order valence-corrected chi connectivity index (χ3v) is 5.99. The molecule has 1 aromatic heterocycles. The molecule has 31 heavy (non-hydrogen) atoms. The maximum atomic E-state index is 13.5. The van der Waals surface area contributed by atoms with E-state index in [2.05, 4.69) is 30.9 Å². The minimum absolute atomic E-state index is 0. The number of ether oxygens (including phenoxy) is 1. The predicted octanol–water partition coefficient (Wildman–Crippen LogP) is 5.67. The van der Waals surface area contributed by atoms with E-state index in [9.17, 15) is 4.79 Å². The summed E-state index contributed by atoms with van der Waals surface area (Å²) in [7, 11) is 4.02. The second-order valence-electron chi connectivity index (χ2n) is 7.64. The van der Waals surface area contributed by atoms with Crippen LogP contribution in [0.25, 0.3) is 10.2 Å². The zero-order chi connectivity index (χ0) is 21.5. The van der Waals surface area contributed by atoms with E-state index < -0.39 is 0 Å². The van der Waals surface area contributed by atoms with Crippen LogP contribution in [0.15, 0.2) is 42.5 Å². The lowest BCUT2D eigenvalue weighted by Gasteiger charge is -2.22. The number of unbranched alkanes of at least 4 members (excludes halogenated alkanes) is 1. The first-order valence-electron chi connectivity index (χ1n) is 10.6. The van der Waals surface area contributed by atoms with Crippen LogP contribution in [0.2, 0.25) is 0 Å². The molecule has 3 aromatic rings. The van der Waals surface area contributed by atoms with E-state index >= 15 is 0 Å². The molecule has 0 bridgehead atoms. The number of carbonyl (C=O) groups is 1. The van der Waals surface area contributed by atoms with Crippen LogP contribution in [0.1, 0.15) is 42.6 Å². The van der Waals surface area contributed by atoms with Crippen LogP contribution in [0.5, 0.6) is 5.75 Å². The SMILES string of the molecule is CCCCOc1cccc(C(=O)N(CCN(C)C)c2nc3ccc(CC)cc3s2)c1.Cl. The zero-order valence-electron chi connectivity index (χ0n) is 18.8. The fourth-order valence-electron chi connectivity index (χ4n) is 3.09. The topological polar surface area (TPSA) is 45.7 Å². The molecule has 0 aliphatic rings. The lowest BCUT2D eigenvalue weighted by Crippen LogP contribution is -2.36. The van der Waals surface area contributed by atoms with Gasteiger partial charge in [-0.2, -0.15) is 0 Å². The molecule has 5 nitrogen and oxygen atoms in total. The molecule has 0 saturated carbocycles. The Balaban J connectivity index is 0.00000341. The lowest BCUT2D eigenvalue weighted by molar-refractivity contribution is 0.0984. The number of rotatable bonds is 10. The number of thiazole rings is 1. The van der Waals surface area contributed by atoms with Gasteiger partial charge in [-0.25, -0.2) is 4.98 Å². The zero-order valence-corrected chi connectivity index (χ0v) is 20.4. The molecule has 0 radical (unpaired) electrons. The molecule has 0 fully saturated rings. The van der Waals surface area contributed by atoms with Crippen molar-refractivity contribution in [2.45, 2.75) is 33.1 Å². The first-order valence-corrected chi connectivity index (χ1v) is 11.4. The summed E-state index contributed by atoms with van der Waals surface area (Å²) in [6.07, 6.45) is 3.06. The molecule has 0 aliphatic carbocycles. The standard InChI is InChI=1S/C24H31N3O2S.ClH/c1-5-7-15-29-20-10-8-9-19(17-20)23(28)27(14-13-26(3)4)24-25-21-12-11-18(6-2)16-22(21)30-24;/h8-12,16-17H,5-7,13-15H2,1-4H3;1H. The molecule has 0 unspecified atom stereocenters. The van der Waals surface area contributed by atoms with Crippen LogP contribution in [0, 0.1) is 0 Å². The minimum Gasteiger partial charge on any atom is -0.494 e. The average molecular weight is 462 g/mol. The van der Waals surface area contributed by atoms with Gasteiger partial charge in [0.05, 0.1) is 16.8 Å². The number of amides is 1. The maximum Gasteiger partial charge on any atom is 0.260 e. The highest BCUT2D eigenvalue weighted by Gasteiger charge is 2.22. The van der Waals surface area contributed by atoms with E-state index in [-0.39, 0.29) is 18.3 Å². The van der Waals surface area contributed by atoms with E-state index in [1.54, 1.807) is 16.2 Å². The van der Waals surface area contributed by atoms with Crippen LogP contribution in [0.3, 0.4) is 0 Å². The molecule has 0 spiro atoms. The molecule has 0 saturated heterocycles. The highest BCUT2D eigenvalue weighted by Crippen LogP contribution is 2.31. The number of fused-ring (bicyclic) bond motifs is 1. The highest BCUT2D eigenvalue weighted by molar-refractivity contribution is 7.22. The third-order valence-electron chi connectivity index (χ3n) is 4.94. The fourth-order valence-corrected chi connectivity index (χ4v) is 4.14. The number of hydrogen-bond donors (Lipinski definition) is 0. The van der Waals surface area contributed by atoms with E-state index in [4.69, 9.17) is 9.72 Å². The first kappa shape index (κ1) is 25.1. The number of carbonyl (C=O) groups excluding carboxylic acids is 1. The fraction of sp³-hybridized carbons (Fsp3) is 0.417. The smallest absolute Gasteiger partial charge is 0.260 e. The second kappa shape index (κ2) is 12.0. The average Bonchev–Trinajstić information content (AvgIpc) is 3.16. The molecule has 2 aromatic carbocycles. The number of hydrogen-bond acceptors (Lipinski definition) is 5. The van der Waals surface area contributed by atoms with Gasteiger partial charge in [-0.3, -0.25) is 9.69 Å². The summed E-state index contributed by atoms with van der Waals surface area (Å²) in [5.74, 6) is 0.686. The molecule has 1 amide bonds. The Kier molecular flexibility index (Phi) is 9.75. The third kappa shape index (κ3) is 6.66. The summed E-state index contributed by atoms with van der Waals surface area (Å²) in [5, 5.41) is 0.738. The van der Waals surface area contributed by atoms with E-state index in [1.807, 2.05) is 44.4 Å². The lowest BCUT2D eigenvalue weighted by atomic mass is 10.2. The molecule has 0 N–H and O–H groups in total. The number of benzene rings is 2. The molecule has 1 heterocycles. The van der Waals surface area contributed by atoms with Crippen LogP contribution in [-0.2, 0) is 6.42 Å². The van der Waals surface area contributed by atoms with Gasteiger partial charge in [0, 0.05) is 18.7 Å². The first-order chi connectivity index (χ1) is 14.5. The van der Waals surface area contributed by atoms with Crippen molar-refractivity contribution >= 4 is 45.0 Å². The van der Waals surface area contributed by atoms with Gasteiger partial charge in [-0.05, 0) is 62.8 Å². The molecule has 0 aliphatic heterocycles. The molecule has 0 atom stereocenters. The van der Waals surface area contributed by atoms with Crippen LogP contribution in [0.4, 0.5) is 5.13 Å². The van der Waals surface area contributed by atoms with Gasteiger partial charge in [-0.1, -0.05) is 43.7 Å². The van der Waals surface area contributed by atoms with Gasteiger partial charge in [0.15, 0.2) is 5.13 Å².